The monoisotopic (exact) mass is 191 g/mol. The first kappa shape index (κ1) is 9.10. The molecule has 3 nitrogen and oxygen atoms in total. The molecule has 1 heterocycles. The third-order valence-corrected chi connectivity index (χ3v) is 2.48. The summed E-state index contributed by atoms with van der Waals surface area (Å²) in [4.78, 5) is 3.71. The van der Waals surface area contributed by atoms with Gasteiger partial charge in [0, 0.05) is 12.2 Å². The Bertz CT molecular complexity index is 393. The molecule has 72 valence electrons. The van der Waals surface area contributed by atoms with Crippen LogP contribution in [-0.4, -0.2) is 4.98 Å². The number of nitriles is 1. The summed E-state index contributed by atoms with van der Waals surface area (Å²) in [6.45, 7) is 0. The fraction of sp³-hybridized carbons (Fsp3) is 0.400. The van der Waals surface area contributed by atoms with Crippen LogP contribution in [0.4, 0.5) is 4.39 Å². The fourth-order valence-corrected chi connectivity index (χ4v) is 1.44. The van der Waals surface area contributed by atoms with Gasteiger partial charge in [-0.25, -0.2) is 9.37 Å². The smallest absolute Gasteiger partial charge is 0.176 e. The largest absolute Gasteiger partial charge is 0.324 e. The number of nitrogens with two attached hydrogens (primary N) is 1. The molecule has 1 fully saturated rings. The predicted octanol–water partition coefficient (Wildman–Crippen LogP) is 1.50. The average Bonchev–Trinajstić information content (AvgIpc) is 3.00. The number of halogens is 1. The van der Waals surface area contributed by atoms with Gasteiger partial charge in [0.15, 0.2) is 11.5 Å². The van der Waals surface area contributed by atoms with Crippen LogP contribution in [0, 0.1) is 23.1 Å². The highest BCUT2D eigenvalue weighted by Crippen LogP contribution is 2.39. The normalized spacial score (nSPS) is 17.5. The summed E-state index contributed by atoms with van der Waals surface area (Å²) in [7, 11) is 0. The zero-order chi connectivity index (χ0) is 10.1. The predicted molar refractivity (Wildman–Crippen MR) is 48.6 cm³/mol. The molecular formula is C10H10FN3. The van der Waals surface area contributed by atoms with E-state index >= 15 is 0 Å². The number of hydrogen-bond donors (Lipinski definition) is 1. The van der Waals surface area contributed by atoms with Gasteiger partial charge < -0.3 is 5.73 Å². The second-order valence-electron chi connectivity index (χ2n) is 3.57. The van der Waals surface area contributed by atoms with Crippen LogP contribution in [0.15, 0.2) is 12.3 Å². The highest BCUT2D eigenvalue weighted by Gasteiger charge is 2.30. The lowest BCUT2D eigenvalue weighted by atomic mass is 10.1. The van der Waals surface area contributed by atoms with Crippen molar-refractivity contribution >= 4 is 0 Å². The number of aromatic nitrogens is 1. The third kappa shape index (κ3) is 1.59. The van der Waals surface area contributed by atoms with Crippen molar-refractivity contribution in [3.8, 4) is 6.07 Å². The molecule has 14 heavy (non-hydrogen) atoms. The van der Waals surface area contributed by atoms with E-state index in [1.54, 1.807) is 6.07 Å². The summed E-state index contributed by atoms with van der Waals surface area (Å²) in [6.07, 6.45) is 3.69. The average molecular weight is 191 g/mol. The SMILES string of the molecule is N#Cc1ncc([C@@H](N)C2CC2)cc1F. The molecule has 1 atom stereocenters. The summed E-state index contributed by atoms with van der Waals surface area (Å²) in [6, 6.07) is 2.86. The second-order valence-corrected chi connectivity index (χ2v) is 3.57. The molecule has 0 radical (unpaired) electrons. The van der Waals surface area contributed by atoms with Crippen LogP contribution in [-0.2, 0) is 0 Å². The van der Waals surface area contributed by atoms with Crippen LogP contribution < -0.4 is 5.73 Å². The molecular weight excluding hydrogens is 181 g/mol. The molecule has 2 N–H and O–H groups in total. The lowest BCUT2D eigenvalue weighted by Crippen LogP contribution is -2.13. The lowest BCUT2D eigenvalue weighted by molar-refractivity contribution is 0.591. The van der Waals surface area contributed by atoms with E-state index < -0.39 is 5.82 Å². The summed E-state index contributed by atoms with van der Waals surface area (Å²) in [5.74, 6) is -0.120. The Hall–Kier alpha value is -1.47. The number of rotatable bonds is 2. The van der Waals surface area contributed by atoms with Crippen LogP contribution in [0.25, 0.3) is 0 Å². The first-order valence-electron chi connectivity index (χ1n) is 4.53. The maximum atomic E-state index is 13.2. The minimum atomic E-state index is -0.582. The van der Waals surface area contributed by atoms with Crippen LogP contribution >= 0.6 is 0 Å². The zero-order valence-electron chi connectivity index (χ0n) is 7.57. The Balaban J connectivity index is 2.28. The maximum Gasteiger partial charge on any atom is 0.176 e. The molecule has 1 aromatic heterocycles. The molecule has 0 spiro atoms. The van der Waals surface area contributed by atoms with Crippen LogP contribution in [0.5, 0.6) is 0 Å². The van der Waals surface area contributed by atoms with Crippen LogP contribution in [0.1, 0.15) is 30.1 Å². The summed E-state index contributed by atoms with van der Waals surface area (Å²) in [5.41, 5.74) is 6.39. The molecule has 1 aromatic rings. The van der Waals surface area contributed by atoms with E-state index in [1.165, 1.54) is 12.3 Å². The van der Waals surface area contributed by atoms with E-state index in [4.69, 9.17) is 11.0 Å². The topological polar surface area (TPSA) is 62.7 Å². The Morgan fingerprint density at radius 1 is 1.64 bits per heavy atom. The standard InChI is InChI=1S/C10H10FN3/c11-8-3-7(5-14-9(8)4-12)10(13)6-1-2-6/h3,5-6,10H,1-2,13H2/t10-/m0/s1. The van der Waals surface area contributed by atoms with Gasteiger partial charge in [-0.15, -0.1) is 0 Å². The molecule has 4 heteroatoms. The minimum Gasteiger partial charge on any atom is -0.324 e. The highest BCUT2D eigenvalue weighted by atomic mass is 19.1. The number of nitrogens with zero attached hydrogens (tertiary/aromatic N) is 2. The molecule has 2 rings (SSSR count). The van der Waals surface area contributed by atoms with Crippen LogP contribution in [0.3, 0.4) is 0 Å². The van der Waals surface area contributed by atoms with E-state index in [9.17, 15) is 4.39 Å². The molecule has 0 bridgehead atoms. The molecule has 1 aliphatic rings. The van der Waals surface area contributed by atoms with Gasteiger partial charge in [0.2, 0.25) is 0 Å². The van der Waals surface area contributed by atoms with E-state index in [0.29, 0.717) is 11.5 Å². The van der Waals surface area contributed by atoms with Crippen molar-refractivity contribution in [2.24, 2.45) is 11.7 Å². The number of pyridine rings is 1. The Kier molecular flexibility index (Phi) is 2.18. The van der Waals surface area contributed by atoms with Crippen molar-refractivity contribution in [2.75, 3.05) is 0 Å². The van der Waals surface area contributed by atoms with Gasteiger partial charge in [0.25, 0.3) is 0 Å². The summed E-state index contributed by atoms with van der Waals surface area (Å²) in [5, 5.41) is 8.49. The molecule has 0 saturated heterocycles. The molecule has 0 aliphatic heterocycles. The van der Waals surface area contributed by atoms with Crippen molar-refractivity contribution < 1.29 is 4.39 Å². The van der Waals surface area contributed by atoms with Gasteiger partial charge in [0.05, 0.1) is 0 Å². The van der Waals surface area contributed by atoms with Gasteiger partial charge in [0.1, 0.15) is 6.07 Å². The minimum absolute atomic E-state index is 0.134. The van der Waals surface area contributed by atoms with E-state index in [-0.39, 0.29) is 11.7 Å². The quantitative estimate of drug-likeness (QED) is 0.770. The summed E-state index contributed by atoms with van der Waals surface area (Å²) >= 11 is 0. The first-order valence-corrected chi connectivity index (χ1v) is 4.53. The zero-order valence-corrected chi connectivity index (χ0v) is 7.57. The van der Waals surface area contributed by atoms with Crippen molar-refractivity contribution in [2.45, 2.75) is 18.9 Å². The van der Waals surface area contributed by atoms with Gasteiger partial charge >= 0.3 is 0 Å². The maximum absolute atomic E-state index is 13.2. The molecule has 0 aromatic carbocycles. The van der Waals surface area contributed by atoms with Gasteiger partial charge in [-0.2, -0.15) is 5.26 Å². The Morgan fingerprint density at radius 2 is 2.36 bits per heavy atom. The first-order chi connectivity index (χ1) is 6.72. The van der Waals surface area contributed by atoms with Crippen molar-refractivity contribution in [3.63, 3.8) is 0 Å². The van der Waals surface area contributed by atoms with E-state index in [2.05, 4.69) is 4.98 Å². The molecule has 0 amide bonds. The third-order valence-electron chi connectivity index (χ3n) is 2.48. The Morgan fingerprint density at radius 3 is 2.86 bits per heavy atom. The molecule has 1 saturated carbocycles. The van der Waals surface area contributed by atoms with Crippen molar-refractivity contribution in [3.05, 3.63) is 29.3 Å². The Labute approximate surface area is 81.4 Å². The van der Waals surface area contributed by atoms with Gasteiger partial charge in [-0.05, 0) is 30.4 Å². The van der Waals surface area contributed by atoms with Gasteiger partial charge in [-0.1, -0.05) is 0 Å². The molecule has 1 aliphatic carbocycles. The van der Waals surface area contributed by atoms with Crippen molar-refractivity contribution in [1.29, 1.82) is 5.26 Å². The lowest BCUT2D eigenvalue weighted by Gasteiger charge is -2.09. The van der Waals surface area contributed by atoms with E-state index in [1.807, 2.05) is 0 Å². The highest BCUT2D eigenvalue weighted by molar-refractivity contribution is 5.27. The number of hydrogen-bond acceptors (Lipinski definition) is 3. The molecule has 0 unspecified atom stereocenters. The summed E-state index contributed by atoms with van der Waals surface area (Å²) < 4.78 is 13.2. The van der Waals surface area contributed by atoms with Crippen molar-refractivity contribution in [1.82, 2.24) is 4.98 Å². The van der Waals surface area contributed by atoms with Gasteiger partial charge in [-0.3, -0.25) is 0 Å². The fourth-order valence-electron chi connectivity index (χ4n) is 1.44. The van der Waals surface area contributed by atoms with Crippen LogP contribution in [0.2, 0.25) is 0 Å². The van der Waals surface area contributed by atoms with E-state index in [0.717, 1.165) is 12.8 Å². The second kappa shape index (κ2) is 3.35.